The van der Waals surface area contributed by atoms with Crippen molar-refractivity contribution in [3.63, 3.8) is 0 Å². The summed E-state index contributed by atoms with van der Waals surface area (Å²) in [6.07, 6.45) is 7.06. The van der Waals surface area contributed by atoms with Crippen LogP contribution in [0.15, 0.2) is 6.20 Å². The quantitative estimate of drug-likeness (QED) is 0.873. The van der Waals surface area contributed by atoms with Crippen LogP contribution < -0.4 is 10.6 Å². The van der Waals surface area contributed by atoms with Gasteiger partial charge in [-0.2, -0.15) is 4.98 Å². The predicted octanol–water partition coefficient (Wildman–Crippen LogP) is 2.48. The van der Waals surface area contributed by atoms with Crippen LogP contribution in [-0.4, -0.2) is 46.6 Å². The Morgan fingerprint density at radius 3 is 3.10 bits per heavy atom. The van der Waals surface area contributed by atoms with Crippen molar-refractivity contribution in [2.45, 2.75) is 51.1 Å². The Hall–Kier alpha value is -1.43. The van der Waals surface area contributed by atoms with E-state index < -0.39 is 0 Å². The third-order valence-corrected chi connectivity index (χ3v) is 4.46. The third kappa shape index (κ3) is 3.26. The molecule has 0 aliphatic carbocycles. The fourth-order valence-electron chi connectivity index (χ4n) is 3.38. The molecule has 1 aromatic rings. The molecule has 2 N–H and O–H groups in total. The maximum absolute atomic E-state index is 13.9. The largest absolute Gasteiger partial charge is 0.363 e. The molecule has 21 heavy (non-hydrogen) atoms. The van der Waals surface area contributed by atoms with Crippen LogP contribution in [0.2, 0.25) is 0 Å². The van der Waals surface area contributed by atoms with Crippen LogP contribution >= 0.6 is 0 Å². The van der Waals surface area contributed by atoms with E-state index in [1.54, 1.807) is 0 Å². The van der Waals surface area contributed by atoms with Crippen molar-refractivity contribution < 1.29 is 4.39 Å². The number of nitrogens with zero attached hydrogens (tertiary/aromatic N) is 3. The number of rotatable bonds is 5. The highest BCUT2D eigenvalue weighted by Gasteiger charge is 2.35. The zero-order valence-electron chi connectivity index (χ0n) is 12.6. The van der Waals surface area contributed by atoms with E-state index >= 15 is 0 Å². The van der Waals surface area contributed by atoms with Gasteiger partial charge in [-0.1, -0.05) is 13.3 Å². The van der Waals surface area contributed by atoms with Gasteiger partial charge >= 0.3 is 0 Å². The molecule has 0 bridgehead atoms. The van der Waals surface area contributed by atoms with Crippen LogP contribution in [0.5, 0.6) is 0 Å². The topological polar surface area (TPSA) is 53.1 Å². The maximum Gasteiger partial charge on any atom is 0.224 e. The first-order valence-corrected chi connectivity index (χ1v) is 8.05. The minimum atomic E-state index is -0.369. The number of aromatic nitrogens is 2. The highest BCUT2D eigenvalue weighted by atomic mass is 19.1. The van der Waals surface area contributed by atoms with Crippen molar-refractivity contribution >= 4 is 11.8 Å². The molecule has 2 saturated heterocycles. The normalized spacial score (nSPS) is 25.6. The second-order valence-corrected chi connectivity index (χ2v) is 5.96. The molecule has 0 aromatic carbocycles. The Labute approximate surface area is 125 Å². The number of piperidine rings is 1. The summed E-state index contributed by atoms with van der Waals surface area (Å²) < 4.78 is 13.9. The van der Waals surface area contributed by atoms with Gasteiger partial charge < -0.3 is 10.6 Å². The van der Waals surface area contributed by atoms with Crippen molar-refractivity contribution in [1.82, 2.24) is 14.9 Å². The van der Waals surface area contributed by atoms with Crippen LogP contribution in [0, 0.1) is 5.82 Å². The molecule has 0 saturated carbocycles. The van der Waals surface area contributed by atoms with E-state index in [1.807, 2.05) is 0 Å². The zero-order valence-corrected chi connectivity index (χ0v) is 12.6. The number of hydrogen-bond acceptors (Lipinski definition) is 5. The number of fused-ring (bicyclic) bond motifs is 1. The van der Waals surface area contributed by atoms with Gasteiger partial charge in [-0.15, -0.1) is 0 Å². The van der Waals surface area contributed by atoms with Crippen molar-refractivity contribution in [2.75, 3.05) is 30.3 Å². The van der Waals surface area contributed by atoms with Crippen molar-refractivity contribution in [3.05, 3.63) is 12.0 Å². The van der Waals surface area contributed by atoms with E-state index in [2.05, 4.69) is 32.4 Å². The summed E-state index contributed by atoms with van der Waals surface area (Å²) in [7, 11) is 0. The molecule has 116 valence electrons. The van der Waals surface area contributed by atoms with Gasteiger partial charge in [-0.25, -0.2) is 9.37 Å². The molecule has 0 spiro atoms. The molecule has 1 aromatic heterocycles. The monoisotopic (exact) mass is 293 g/mol. The smallest absolute Gasteiger partial charge is 0.224 e. The Morgan fingerprint density at radius 1 is 1.33 bits per heavy atom. The molecule has 5 nitrogen and oxygen atoms in total. The Bertz CT molecular complexity index is 481. The number of nitrogens with one attached hydrogen (secondary N) is 2. The van der Waals surface area contributed by atoms with Crippen molar-refractivity contribution in [1.29, 1.82) is 0 Å². The zero-order chi connectivity index (χ0) is 14.7. The second kappa shape index (κ2) is 6.56. The van der Waals surface area contributed by atoms with Crippen LogP contribution in [0.3, 0.4) is 0 Å². The fraction of sp³-hybridized carbons (Fsp3) is 0.733. The highest BCUT2D eigenvalue weighted by molar-refractivity contribution is 5.42. The molecule has 3 heterocycles. The summed E-state index contributed by atoms with van der Waals surface area (Å²) in [4.78, 5) is 10.8. The molecule has 2 fully saturated rings. The van der Waals surface area contributed by atoms with E-state index in [1.165, 1.54) is 32.0 Å². The molecule has 2 atom stereocenters. The summed E-state index contributed by atoms with van der Waals surface area (Å²) in [6.45, 7) is 5.16. The van der Waals surface area contributed by atoms with Gasteiger partial charge in [0.25, 0.3) is 0 Å². The van der Waals surface area contributed by atoms with Gasteiger partial charge in [0.15, 0.2) is 11.6 Å². The lowest BCUT2D eigenvalue weighted by molar-refractivity contribution is 0.192. The average Bonchev–Trinajstić information content (AvgIpc) is 2.91. The molecular weight excluding hydrogens is 269 g/mol. The third-order valence-electron chi connectivity index (χ3n) is 4.46. The molecule has 2 aliphatic rings. The van der Waals surface area contributed by atoms with Gasteiger partial charge in [0.2, 0.25) is 5.95 Å². The Kier molecular flexibility index (Phi) is 4.53. The fourth-order valence-corrected chi connectivity index (χ4v) is 3.38. The van der Waals surface area contributed by atoms with Crippen LogP contribution in [0.25, 0.3) is 0 Å². The standard InChI is InChI=1S/C15H24FN5/c1-2-7-17-15-18-10-11(16)14(20-15)19-12-6-9-21-8-4-3-5-13(12)21/h10,12-13H,2-9H2,1H3,(H2,17,18,19,20). The van der Waals surface area contributed by atoms with E-state index in [0.29, 0.717) is 23.8 Å². The van der Waals surface area contributed by atoms with E-state index in [4.69, 9.17) is 0 Å². The lowest BCUT2D eigenvalue weighted by Crippen LogP contribution is -2.42. The number of hydrogen-bond donors (Lipinski definition) is 2. The highest BCUT2D eigenvalue weighted by Crippen LogP contribution is 2.29. The lowest BCUT2D eigenvalue weighted by Gasteiger charge is -2.32. The van der Waals surface area contributed by atoms with Gasteiger partial charge in [0.1, 0.15) is 0 Å². The van der Waals surface area contributed by atoms with Crippen LogP contribution in [0.4, 0.5) is 16.2 Å². The molecule has 3 rings (SSSR count). The molecule has 0 amide bonds. The van der Waals surface area contributed by atoms with Crippen molar-refractivity contribution in [2.24, 2.45) is 0 Å². The summed E-state index contributed by atoms with van der Waals surface area (Å²) in [5.41, 5.74) is 0. The first kappa shape index (κ1) is 14.5. The van der Waals surface area contributed by atoms with E-state index in [9.17, 15) is 4.39 Å². The summed E-state index contributed by atoms with van der Waals surface area (Å²) in [5, 5.41) is 6.42. The molecule has 2 aliphatic heterocycles. The molecule has 2 unspecified atom stereocenters. The Morgan fingerprint density at radius 2 is 2.24 bits per heavy atom. The molecular formula is C15H24FN5. The van der Waals surface area contributed by atoms with Gasteiger partial charge in [0.05, 0.1) is 6.20 Å². The first-order chi connectivity index (χ1) is 10.3. The maximum atomic E-state index is 13.9. The summed E-state index contributed by atoms with van der Waals surface area (Å²) in [6, 6.07) is 0.828. The van der Waals surface area contributed by atoms with Gasteiger partial charge in [-0.05, 0) is 32.2 Å². The lowest BCUT2D eigenvalue weighted by atomic mass is 9.99. The predicted molar refractivity (Wildman–Crippen MR) is 82.0 cm³/mol. The van der Waals surface area contributed by atoms with Crippen molar-refractivity contribution in [3.8, 4) is 0 Å². The number of halogens is 1. The van der Waals surface area contributed by atoms with E-state index in [-0.39, 0.29) is 5.82 Å². The first-order valence-electron chi connectivity index (χ1n) is 8.05. The average molecular weight is 293 g/mol. The second-order valence-electron chi connectivity index (χ2n) is 5.96. The summed E-state index contributed by atoms with van der Waals surface area (Å²) >= 11 is 0. The Balaban J connectivity index is 1.69. The number of anilines is 2. The molecule has 6 heteroatoms. The molecule has 0 radical (unpaired) electrons. The van der Waals surface area contributed by atoms with Gasteiger partial charge in [0, 0.05) is 25.2 Å². The van der Waals surface area contributed by atoms with E-state index in [0.717, 1.165) is 25.9 Å². The summed E-state index contributed by atoms with van der Waals surface area (Å²) in [5.74, 6) is 0.464. The SMILES string of the molecule is CCCNc1ncc(F)c(NC2CCN3CCCCC23)n1. The van der Waals surface area contributed by atoms with Crippen LogP contribution in [-0.2, 0) is 0 Å². The van der Waals surface area contributed by atoms with Crippen LogP contribution in [0.1, 0.15) is 39.0 Å². The minimum absolute atomic E-state index is 0.300. The van der Waals surface area contributed by atoms with Gasteiger partial charge in [-0.3, -0.25) is 4.90 Å². The minimum Gasteiger partial charge on any atom is -0.363 e.